The number of benzene rings is 1. The minimum absolute atomic E-state index is 0.0157. The number of anilines is 1. The molecule has 0 amide bonds. The van der Waals surface area contributed by atoms with Gasteiger partial charge in [0.15, 0.2) is 0 Å². The van der Waals surface area contributed by atoms with Crippen molar-refractivity contribution in [3.8, 4) is 0 Å². The highest BCUT2D eigenvalue weighted by atomic mass is 79.9. The van der Waals surface area contributed by atoms with Crippen molar-refractivity contribution in [2.24, 2.45) is 0 Å². The third kappa shape index (κ3) is 5.13. The summed E-state index contributed by atoms with van der Waals surface area (Å²) in [5.74, 6) is 1.92. The topological polar surface area (TPSA) is 50.7 Å². The van der Waals surface area contributed by atoms with Crippen molar-refractivity contribution < 1.29 is 14.6 Å². The summed E-state index contributed by atoms with van der Waals surface area (Å²) in [6.45, 7) is 2.84. The lowest BCUT2D eigenvalue weighted by Crippen LogP contribution is -2.34. The van der Waals surface area contributed by atoms with Crippen LogP contribution in [0.3, 0.4) is 0 Å². The average Bonchev–Trinajstić information content (AvgIpc) is 2.77. The third-order valence-electron chi connectivity index (χ3n) is 3.75. The zero-order valence-electron chi connectivity index (χ0n) is 13.0. The normalized spacial score (nSPS) is 28.0. The smallest absolute Gasteiger partial charge is 0.112 e. The van der Waals surface area contributed by atoms with Crippen molar-refractivity contribution >= 4 is 33.4 Å². The van der Waals surface area contributed by atoms with Gasteiger partial charge in [0.25, 0.3) is 0 Å². The van der Waals surface area contributed by atoms with Crippen LogP contribution in [-0.4, -0.2) is 54.7 Å². The number of hydrogen-bond acceptors (Lipinski definition) is 5. The lowest BCUT2D eigenvalue weighted by atomic mass is 10.1. The van der Waals surface area contributed by atoms with E-state index in [4.69, 9.17) is 9.47 Å². The van der Waals surface area contributed by atoms with Crippen LogP contribution in [-0.2, 0) is 9.47 Å². The fourth-order valence-corrected chi connectivity index (χ4v) is 3.97. The molecular weight excluding hydrogens is 366 g/mol. The first-order chi connectivity index (χ1) is 10.6. The molecule has 2 rings (SSSR count). The van der Waals surface area contributed by atoms with E-state index in [-0.39, 0.29) is 18.3 Å². The Balaban J connectivity index is 1.59. The Morgan fingerprint density at radius 3 is 3.00 bits per heavy atom. The largest absolute Gasteiger partial charge is 0.388 e. The third-order valence-corrected chi connectivity index (χ3v) is 5.38. The predicted octanol–water partition coefficient (Wildman–Crippen LogP) is 3.15. The van der Waals surface area contributed by atoms with Crippen LogP contribution in [0, 0.1) is 0 Å². The Labute approximate surface area is 145 Å². The van der Waals surface area contributed by atoms with Gasteiger partial charge in [-0.15, -0.1) is 0 Å². The first-order valence-corrected chi connectivity index (χ1v) is 9.50. The van der Waals surface area contributed by atoms with Crippen LogP contribution in [0.4, 0.5) is 5.69 Å². The van der Waals surface area contributed by atoms with Crippen molar-refractivity contribution in [2.45, 2.75) is 37.8 Å². The molecule has 0 aromatic heterocycles. The zero-order chi connectivity index (χ0) is 15.9. The van der Waals surface area contributed by atoms with Crippen molar-refractivity contribution in [1.82, 2.24) is 0 Å². The van der Waals surface area contributed by atoms with Gasteiger partial charge in [-0.05, 0) is 37.3 Å². The van der Waals surface area contributed by atoms with Gasteiger partial charge in [0.1, 0.15) is 12.2 Å². The molecule has 0 spiro atoms. The van der Waals surface area contributed by atoms with E-state index in [1.165, 1.54) is 0 Å². The first kappa shape index (κ1) is 18.1. The van der Waals surface area contributed by atoms with E-state index in [9.17, 15) is 5.11 Å². The summed E-state index contributed by atoms with van der Waals surface area (Å²) in [6, 6.07) is 8.18. The van der Waals surface area contributed by atoms with Gasteiger partial charge >= 0.3 is 0 Å². The molecule has 0 aliphatic carbocycles. The molecule has 1 aliphatic rings. The highest BCUT2D eigenvalue weighted by Crippen LogP contribution is 2.26. The van der Waals surface area contributed by atoms with Gasteiger partial charge in [-0.2, -0.15) is 11.8 Å². The maximum absolute atomic E-state index is 9.94. The second-order valence-electron chi connectivity index (χ2n) is 5.44. The maximum Gasteiger partial charge on any atom is 0.112 e. The predicted molar refractivity (Wildman–Crippen MR) is 95.7 cm³/mol. The van der Waals surface area contributed by atoms with E-state index in [1.54, 1.807) is 7.11 Å². The summed E-state index contributed by atoms with van der Waals surface area (Å²) in [5, 5.41) is 13.4. The number of hydrogen-bond donors (Lipinski definition) is 2. The Kier molecular flexibility index (Phi) is 7.50. The second-order valence-corrected chi connectivity index (χ2v) is 7.50. The van der Waals surface area contributed by atoms with E-state index < -0.39 is 6.10 Å². The average molecular weight is 390 g/mol. The zero-order valence-corrected chi connectivity index (χ0v) is 15.4. The number of ether oxygens (including phenoxy) is 2. The first-order valence-electron chi connectivity index (χ1n) is 7.55. The molecule has 4 unspecified atom stereocenters. The molecule has 1 heterocycles. The molecule has 0 radical (unpaired) electrons. The number of halogens is 1. The molecule has 4 nitrogen and oxygen atoms in total. The van der Waals surface area contributed by atoms with Gasteiger partial charge in [0.05, 0.1) is 12.2 Å². The van der Waals surface area contributed by atoms with Crippen LogP contribution < -0.4 is 5.32 Å². The molecule has 1 aromatic carbocycles. The van der Waals surface area contributed by atoms with Gasteiger partial charge < -0.3 is 19.9 Å². The fourth-order valence-electron chi connectivity index (χ4n) is 2.55. The minimum atomic E-state index is -0.520. The van der Waals surface area contributed by atoms with Crippen LogP contribution in [0.15, 0.2) is 28.7 Å². The van der Waals surface area contributed by atoms with Gasteiger partial charge in [0.2, 0.25) is 0 Å². The number of aliphatic hydroxyl groups excluding tert-OH is 1. The lowest BCUT2D eigenvalue weighted by molar-refractivity contribution is -0.00223. The van der Waals surface area contributed by atoms with Gasteiger partial charge in [-0.3, -0.25) is 0 Å². The number of nitrogens with one attached hydrogen (secondary N) is 1. The molecule has 4 atom stereocenters. The Morgan fingerprint density at radius 2 is 2.27 bits per heavy atom. The van der Waals surface area contributed by atoms with Gasteiger partial charge in [-0.25, -0.2) is 0 Å². The summed E-state index contributed by atoms with van der Waals surface area (Å²) >= 11 is 5.31. The molecule has 1 aliphatic heterocycles. The molecule has 1 aromatic rings. The van der Waals surface area contributed by atoms with E-state index in [2.05, 4.69) is 33.4 Å². The van der Waals surface area contributed by atoms with E-state index in [0.717, 1.165) is 34.6 Å². The molecule has 124 valence electrons. The molecule has 1 saturated heterocycles. The summed E-state index contributed by atoms with van der Waals surface area (Å²) < 4.78 is 12.2. The lowest BCUT2D eigenvalue weighted by Gasteiger charge is -2.18. The van der Waals surface area contributed by atoms with Crippen molar-refractivity contribution in [3.05, 3.63) is 28.7 Å². The number of methoxy groups -OCH3 is 1. The Bertz CT molecular complexity index is 463. The van der Waals surface area contributed by atoms with Crippen molar-refractivity contribution in [3.63, 3.8) is 0 Å². The summed E-state index contributed by atoms with van der Waals surface area (Å²) in [7, 11) is 1.63. The van der Waals surface area contributed by atoms with Crippen LogP contribution in [0.5, 0.6) is 0 Å². The summed E-state index contributed by atoms with van der Waals surface area (Å²) in [4.78, 5) is 0. The minimum Gasteiger partial charge on any atom is -0.388 e. The van der Waals surface area contributed by atoms with Crippen LogP contribution in [0.1, 0.15) is 13.3 Å². The van der Waals surface area contributed by atoms with Crippen LogP contribution in [0.25, 0.3) is 0 Å². The van der Waals surface area contributed by atoms with E-state index >= 15 is 0 Å². The Morgan fingerprint density at radius 1 is 1.45 bits per heavy atom. The molecule has 0 saturated carbocycles. The summed E-state index contributed by atoms with van der Waals surface area (Å²) in [6.07, 6.45) is 0.197. The van der Waals surface area contributed by atoms with Crippen molar-refractivity contribution in [1.29, 1.82) is 0 Å². The number of aliphatic hydroxyl groups is 1. The molecule has 6 heteroatoms. The molecule has 2 N–H and O–H groups in total. The van der Waals surface area contributed by atoms with E-state index in [1.807, 2.05) is 30.8 Å². The Hall–Kier alpha value is -0.270. The molecule has 0 bridgehead atoms. The fraction of sp³-hybridized carbons (Fsp3) is 0.625. The SMILES string of the molecule is COC1C(CSCCCNc2cccc(Br)c2)OC(C)C1O. The summed E-state index contributed by atoms with van der Waals surface area (Å²) in [5.41, 5.74) is 1.13. The quantitative estimate of drug-likeness (QED) is 0.668. The van der Waals surface area contributed by atoms with Crippen molar-refractivity contribution in [2.75, 3.05) is 30.5 Å². The molecule has 22 heavy (non-hydrogen) atoms. The van der Waals surface area contributed by atoms with Gasteiger partial charge in [0, 0.05) is 29.6 Å². The highest BCUT2D eigenvalue weighted by molar-refractivity contribution is 9.10. The van der Waals surface area contributed by atoms with Crippen LogP contribution in [0.2, 0.25) is 0 Å². The van der Waals surface area contributed by atoms with E-state index in [0.29, 0.717) is 0 Å². The highest BCUT2D eigenvalue weighted by Gasteiger charge is 2.41. The second kappa shape index (κ2) is 9.13. The number of rotatable bonds is 8. The monoisotopic (exact) mass is 389 g/mol. The molecule has 1 fully saturated rings. The van der Waals surface area contributed by atoms with Gasteiger partial charge in [-0.1, -0.05) is 22.0 Å². The standard InChI is InChI=1S/C16H24BrNO3S/c1-11-15(19)16(20-2)14(21-11)10-22-8-4-7-18-13-6-3-5-12(17)9-13/h3,5-6,9,11,14-16,18-19H,4,7-8,10H2,1-2H3. The maximum atomic E-state index is 9.94. The molecular formula is C16H24BrNO3S. The van der Waals surface area contributed by atoms with Crippen LogP contribution >= 0.6 is 27.7 Å². The number of thioether (sulfide) groups is 1.